The molecule has 0 spiro atoms. The summed E-state index contributed by atoms with van der Waals surface area (Å²) in [5.74, 6) is -0.440. The molecule has 0 aliphatic carbocycles. The standard InChI is InChI=1S/C8H12O4/c1-5-6(9)3-4-7(12-5)8(10)11-2/h3-7,9H,1-2H3/t5-,6+,7-/m0/s1. The summed E-state index contributed by atoms with van der Waals surface area (Å²) in [5.41, 5.74) is 0. The molecule has 4 heteroatoms. The lowest BCUT2D eigenvalue weighted by atomic mass is 10.1. The summed E-state index contributed by atoms with van der Waals surface area (Å²) in [5, 5.41) is 9.19. The molecule has 3 atom stereocenters. The molecule has 1 N–H and O–H groups in total. The average Bonchev–Trinajstić information content (AvgIpc) is 2.08. The second-order valence-corrected chi connectivity index (χ2v) is 2.66. The Hall–Kier alpha value is -0.870. The number of hydrogen-bond acceptors (Lipinski definition) is 4. The maximum atomic E-state index is 10.9. The number of ether oxygens (including phenoxy) is 2. The Morgan fingerprint density at radius 1 is 1.58 bits per heavy atom. The molecule has 1 rings (SSSR count). The third kappa shape index (κ3) is 1.84. The topological polar surface area (TPSA) is 55.8 Å². The van der Waals surface area contributed by atoms with Crippen molar-refractivity contribution >= 4 is 5.97 Å². The van der Waals surface area contributed by atoms with Crippen LogP contribution in [0, 0.1) is 0 Å². The molecule has 1 aliphatic heterocycles. The zero-order valence-corrected chi connectivity index (χ0v) is 7.06. The van der Waals surface area contributed by atoms with Crippen molar-refractivity contribution in [3.05, 3.63) is 12.2 Å². The molecule has 0 unspecified atom stereocenters. The predicted octanol–water partition coefficient (Wildman–Crippen LogP) is -0.136. The van der Waals surface area contributed by atoms with Crippen LogP contribution in [0.1, 0.15) is 6.92 Å². The second kappa shape index (κ2) is 3.69. The molecule has 12 heavy (non-hydrogen) atoms. The van der Waals surface area contributed by atoms with Gasteiger partial charge in [-0.1, -0.05) is 6.08 Å². The molecule has 0 amide bonds. The first-order valence-electron chi connectivity index (χ1n) is 3.75. The molecule has 1 heterocycles. The van der Waals surface area contributed by atoms with E-state index in [4.69, 9.17) is 4.74 Å². The van der Waals surface area contributed by atoms with Crippen LogP contribution in [-0.4, -0.2) is 36.5 Å². The lowest BCUT2D eigenvalue weighted by molar-refractivity contribution is -0.157. The Balaban J connectivity index is 2.60. The van der Waals surface area contributed by atoms with Gasteiger partial charge in [0.05, 0.1) is 19.3 Å². The average molecular weight is 172 g/mol. The predicted molar refractivity (Wildman–Crippen MR) is 41.5 cm³/mol. The Morgan fingerprint density at radius 3 is 2.75 bits per heavy atom. The van der Waals surface area contributed by atoms with Gasteiger partial charge in [0.25, 0.3) is 0 Å². The van der Waals surface area contributed by atoms with Crippen LogP contribution >= 0.6 is 0 Å². The van der Waals surface area contributed by atoms with Crippen molar-refractivity contribution < 1.29 is 19.4 Å². The molecule has 0 aromatic heterocycles. The fraction of sp³-hybridized carbons (Fsp3) is 0.625. The van der Waals surface area contributed by atoms with Gasteiger partial charge in [-0.15, -0.1) is 0 Å². The van der Waals surface area contributed by atoms with Crippen molar-refractivity contribution in [2.75, 3.05) is 7.11 Å². The molecular weight excluding hydrogens is 160 g/mol. The van der Waals surface area contributed by atoms with Crippen molar-refractivity contribution in [2.45, 2.75) is 25.2 Å². The molecular formula is C8H12O4. The van der Waals surface area contributed by atoms with Crippen LogP contribution in [0.5, 0.6) is 0 Å². The van der Waals surface area contributed by atoms with Crippen LogP contribution in [-0.2, 0) is 14.3 Å². The summed E-state index contributed by atoms with van der Waals surface area (Å²) in [6, 6.07) is 0. The van der Waals surface area contributed by atoms with E-state index in [-0.39, 0.29) is 6.10 Å². The van der Waals surface area contributed by atoms with Gasteiger partial charge < -0.3 is 14.6 Å². The number of carbonyl (C=O) groups is 1. The summed E-state index contributed by atoms with van der Waals surface area (Å²) in [4.78, 5) is 10.9. The van der Waals surface area contributed by atoms with E-state index < -0.39 is 18.2 Å². The Labute approximate surface area is 70.8 Å². The highest BCUT2D eigenvalue weighted by Crippen LogP contribution is 2.13. The molecule has 0 aromatic rings. The zero-order chi connectivity index (χ0) is 9.14. The summed E-state index contributed by atoms with van der Waals surface area (Å²) < 4.78 is 9.62. The van der Waals surface area contributed by atoms with E-state index in [1.807, 2.05) is 0 Å². The van der Waals surface area contributed by atoms with Crippen molar-refractivity contribution in [3.8, 4) is 0 Å². The van der Waals surface area contributed by atoms with Crippen molar-refractivity contribution in [1.29, 1.82) is 0 Å². The number of hydrogen-bond donors (Lipinski definition) is 1. The van der Waals surface area contributed by atoms with E-state index >= 15 is 0 Å². The van der Waals surface area contributed by atoms with Gasteiger partial charge in [-0.25, -0.2) is 4.79 Å². The first kappa shape index (κ1) is 9.22. The minimum Gasteiger partial charge on any atom is -0.467 e. The largest absolute Gasteiger partial charge is 0.467 e. The molecule has 1 aliphatic rings. The van der Waals surface area contributed by atoms with Crippen LogP contribution in [0.3, 0.4) is 0 Å². The Morgan fingerprint density at radius 2 is 2.25 bits per heavy atom. The third-order valence-electron chi connectivity index (χ3n) is 1.76. The van der Waals surface area contributed by atoms with E-state index in [1.165, 1.54) is 19.3 Å². The van der Waals surface area contributed by atoms with E-state index in [0.717, 1.165) is 0 Å². The first-order chi connectivity index (χ1) is 5.65. The van der Waals surface area contributed by atoms with Gasteiger partial charge in [-0.05, 0) is 13.0 Å². The molecule has 0 bridgehead atoms. The number of carbonyl (C=O) groups excluding carboxylic acids is 1. The number of esters is 1. The molecule has 4 nitrogen and oxygen atoms in total. The van der Waals surface area contributed by atoms with Crippen LogP contribution in [0.2, 0.25) is 0 Å². The molecule has 0 fully saturated rings. The van der Waals surface area contributed by atoms with Gasteiger partial charge >= 0.3 is 5.97 Å². The van der Waals surface area contributed by atoms with E-state index in [0.29, 0.717) is 0 Å². The molecule has 0 saturated heterocycles. The third-order valence-corrected chi connectivity index (χ3v) is 1.76. The molecule has 0 aromatic carbocycles. The summed E-state index contributed by atoms with van der Waals surface area (Å²) >= 11 is 0. The van der Waals surface area contributed by atoms with Crippen LogP contribution in [0.15, 0.2) is 12.2 Å². The molecule has 0 radical (unpaired) electrons. The Bertz CT molecular complexity index is 199. The van der Waals surface area contributed by atoms with Crippen LogP contribution in [0.4, 0.5) is 0 Å². The van der Waals surface area contributed by atoms with Gasteiger partial charge in [-0.3, -0.25) is 0 Å². The number of methoxy groups -OCH3 is 1. The zero-order valence-electron chi connectivity index (χ0n) is 7.06. The second-order valence-electron chi connectivity index (χ2n) is 2.66. The smallest absolute Gasteiger partial charge is 0.339 e. The summed E-state index contributed by atoms with van der Waals surface area (Å²) in [6.07, 6.45) is 1.37. The van der Waals surface area contributed by atoms with Gasteiger partial charge in [0.1, 0.15) is 0 Å². The number of rotatable bonds is 1. The van der Waals surface area contributed by atoms with Crippen molar-refractivity contribution in [2.24, 2.45) is 0 Å². The monoisotopic (exact) mass is 172 g/mol. The maximum absolute atomic E-state index is 10.9. The number of aliphatic hydroxyl groups excluding tert-OH is 1. The lowest BCUT2D eigenvalue weighted by Gasteiger charge is -2.25. The van der Waals surface area contributed by atoms with Crippen LogP contribution in [0.25, 0.3) is 0 Å². The maximum Gasteiger partial charge on any atom is 0.339 e. The van der Waals surface area contributed by atoms with Gasteiger partial charge in [0.2, 0.25) is 0 Å². The SMILES string of the molecule is COC(=O)[C@@H]1C=C[C@@H](O)[C@H](C)O1. The minimum absolute atomic E-state index is 0.362. The molecule has 68 valence electrons. The van der Waals surface area contributed by atoms with E-state index in [1.54, 1.807) is 6.92 Å². The van der Waals surface area contributed by atoms with Crippen molar-refractivity contribution in [3.63, 3.8) is 0 Å². The lowest BCUT2D eigenvalue weighted by Crippen LogP contribution is -2.37. The van der Waals surface area contributed by atoms with Gasteiger partial charge in [0.15, 0.2) is 6.10 Å². The normalized spacial score (nSPS) is 34.8. The fourth-order valence-corrected chi connectivity index (χ4v) is 0.979. The highest BCUT2D eigenvalue weighted by atomic mass is 16.6. The van der Waals surface area contributed by atoms with Crippen molar-refractivity contribution in [1.82, 2.24) is 0 Å². The van der Waals surface area contributed by atoms with Gasteiger partial charge in [0, 0.05) is 0 Å². The summed E-state index contributed by atoms with van der Waals surface area (Å²) in [7, 11) is 1.30. The van der Waals surface area contributed by atoms with E-state index in [2.05, 4.69) is 4.74 Å². The van der Waals surface area contributed by atoms with Crippen LogP contribution < -0.4 is 0 Å². The quantitative estimate of drug-likeness (QED) is 0.442. The minimum atomic E-state index is -0.673. The highest BCUT2D eigenvalue weighted by Gasteiger charge is 2.26. The van der Waals surface area contributed by atoms with Gasteiger partial charge in [-0.2, -0.15) is 0 Å². The first-order valence-corrected chi connectivity index (χ1v) is 3.75. The highest BCUT2D eigenvalue weighted by molar-refractivity contribution is 5.76. The molecule has 0 saturated carbocycles. The number of aliphatic hydroxyl groups is 1. The summed E-state index contributed by atoms with van der Waals surface area (Å²) in [6.45, 7) is 1.70. The van der Waals surface area contributed by atoms with E-state index in [9.17, 15) is 9.90 Å². The fourth-order valence-electron chi connectivity index (χ4n) is 0.979. The Kier molecular flexibility index (Phi) is 2.83.